The van der Waals surface area contributed by atoms with E-state index in [9.17, 15) is 4.79 Å². The van der Waals surface area contributed by atoms with E-state index < -0.39 is 0 Å². The molecule has 0 saturated heterocycles. The summed E-state index contributed by atoms with van der Waals surface area (Å²) in [4.78, 5) is 16.1. The Balaban J connectivity index is 2.04. The number of carbonyl (C=O) groups is 1. The van der Waals surface area contributed by atoms with Crippen LogP contribution in [-0.2, 0) is 4.79 Å². The summed E-state index contributed by atoms with van der Waals surface area (Å²) in [6, 6.07) is 5.97. The van der Waals surface area contributed by atoms with E-state index in [-0.39, 0.29) is 5.50 Å². The van der Waals surface area contributed by atoms with Gasteiger partial charge in [0.1, 0.15) is 5.75 Å². The van der Waals surface area contributed by atoms with Crippen molar-refractivity contribution < 1.29 is 9.53 Å². The highest BCUT2D eigenvalue weighted by Crippen LogP contribution is 2.49. The number of ether oxygens (including phenoxy) is 1. The quantitative estimate of drug-likeness (QED) is 0.751. The average Bonchev–Trinajstić information content (AvgIpc) is 2.83. The van der Waals surface area contributed by atoms with E-state index in [0.717, 1.165) is 23.5 Å². The zero-order chi connectivity index (χ0) is 12.0. The van der Waals surface area contributed by atoms with Crippen LogP contribution in [0.5, 0.6) is 5.75 Å². The van der Waals surface area contributed by atoms with Crippen LogP contribution in [0.15, 0.2) is 35.0 Å². The van der Waals surface area contributed by atoms with Gasteiger partial charge in [0.05, 0.1) is 12.8 Å². The van der Waals surface area contributed by atoms with Crippen molar-refractivity contribution >= 4 is 23.9 Å². The summed E-state index contributed by atoms with van der Waals surface area (Å²) < 4.78 is 5.23. The van der Waals surface area contributed by atoms with Crippen molar-refractivity contribution in [3.8, 4) is 5.75 Å². The second-order valence-corrected chi connectivity index (χ2v) is 5.07. The van der Waals surface area contributed by atoms with E-state index in [1.165, 1.54) is 4.90 Å². The Morgan fingerprint density at radius 2 is 2.29 bits per heavy atom. The number of fused-ring (bicyclic) bond motifs is 3. The Hall–Kier alpha value is -1.62. The van der Waals surface area contributed by atoms with Crippen LogP contribution in [0.2, 0.25) is 0 Å². The Bertz CT molecular complexity index is 515. The fourth-order valence-electron chi connectivity index (χ4n) is 2.12. The van der Waals surface area contributed by atoms with Gasteiger partial charge in [-0.2, -0.15) is 0 Å². The summed E-state index contributed by atoms with van der Waals surface area (Å²) in [5, 5.41) is 0. The summed E-state index contributed by atoms with van der Waals surface area (Å²) >= 11 is 1.68. The van der Waals surface area contributed by atoms with Gasteiger partial charge in [-0.25, -0.2) is 0 Å². The number of amides is 1. The van der Waals surface area contributed by atoms with Crippen LogP contribution in [0.25, 0.3) is 0 Å². The largest absolute Gasteiger partial charge is 0.497 e. The minimum Gasteiger partial charge on any atom is -0.497 e. The van der Waals surface area contributed by atoms with Crippen molar-refractivity contribution in [1.82, 2.24) is 4.90 Å². The number of rotatable bonds is 2. The lowest BCUT2D eigenvalue weighted by atomic mass is 10.3. The molecule has 1 amide bonds. The van der Waals surface area contributed by atoms with E-state index in [1.807, 2.05) is 31.3 Å². The number of thioether (sulfide) groups is 1. The maximum absolute atomic E-state index is 11.1. The molecule has 2 heterocycles. The SMILES string of the molecule is COc1ccc2c(c1)N1C=C(C)N(C=O)C1S2. The second kappa shape index (κ2) is 3.70. The molecule has 0 N–H and O–H groups in total. The predicted molar refractivity (Wildman–Crippen MR) is 66.8 cm³/mol. The Labute approximate surface area is 104 Å². The zero-order valence-corrected chi connectivity index (χ0v) is 10.4. The minimum atomic E-state index is 0.0228. The molecule has 0 aromatic heterocycles. The van der Waals surface area contributed by atoms with Gasteiger partial charge in [-0.05, 0) is 19.1 Å². The topological polar surface area (TPSA) is 32.8 Å². The van der Waals surface area contributed by atoms with Crippen LogP contribution in [0, 0.1) is 0 Å². The molecule has 88 valence electrons. The van der Waals surface area contributed by atoms with Crippen molar-refractivity contribution in [2.24, 2.45) is 0 Å². The van der Waals surface area contributed by atoms with Crippen LogP contribution in [0.3, 0.4) is 0 Å². The van der Waals surface area contributed by atoms with Crippen molar-refractivity contribution in [2.45, 2.75) is 17.3 Å². The number of hydrogen-bond acceptors (Lipinski definition) is 4. The van der Waals surface area contributed by atoms with Gasteiger partial charge in [0.15, 0.2) is 5.50 Å². The van der Waals surface area contributed by atoms with E-state index in [1.54, 1.807) is 23.8 Å². The summed E-state index contributed by atoms with van der Waals surface area (Å²) in [5.41, 5.74) is 2.09. The number of nitrogens with zero attached hydrogens (tertiary/aromatic N) is 2. The number of allylic oxidation sites excluding steroid dienone is 1. The van der Waals surface area contributed by atoms with Gasteiger partial charge in [0.25, 0.3) is 0 Å². The molecular weight excluding hydrogens is 236 g/mol. The van der Waals surface area contributed by atoms with Gasteiger partial charge in [-0.15, -0.1) is 0 Å². The lowest BCUT2D eigenvalue weighted by molar-refractivity contribution is -0.116. The monoisotopic (exact) mass is 248 g/mol. The first-order valence-corrected chi connectivity index (χ1v) is 6.17. The molecule has 2 aliphatic rings. The van der Waals surface area contributed by atoms with Gasteiger partial charge >= 0.3 is 0 Å². The van der Waals surface area contributed by atoms with Crippen LogP contribution in [-0.4, -0.2) is 23.9 Å². The number of methoxy groups -OCH3 is 1. The second-order valence-electron chi connectivity index (χ2n) is 3.97. The van der Waals surface area contributed by atoms with Crippen LogP contribution < -0.4 is 9.64 Å². The third-order valence-corrected chi connectivity index (χ3v) is 4.26. The van der Waals surface area contributed by atoms with E-state index in [4.69, 9.17) is 4.74 Å². The zero-order valence-electron chi connectivity index (χ0n) is 9.58. The van der Waals surface area contributed by atoms with E-state index in [0.29, 0.717) is 0 Å². The van der Waals surface area contributed by atoms with Gasteiger partial charge in [-0.1, -0.05) is 11.8 Å². The molecule has 0 bridgehead atoms. The summed E-state index contributed by atoms with van der Waals surface area (Å²) in [6.45, 7) is 1.94. The number of benzene rings is 1. The first-order chi connectivity index (χ1) is 8.24. The first kappa shape index (κ1) is 10.5. The lowest BCUT2D eigenvalue weighted by Crippen LogP contribution is -2.32. The average molecular weight is 248 g/mol. The fourth-order valence-corrected chi connectivity index (χ4v) is 3.39. The highest BCUT2D eigenvalue weighted by molar-refractivity contribution is 8.00. The molecule has 2 aliphatic heterocycles. The minimum absolute atomic E-state index is 0.0228. The Morgan fingerprint density at radius 1 is 1.47 bits per heavy atom. The molecule has 0 radical (unpaired) electrons. The third kappa shape index (κ3) is 1.42. The highest BCUT2D eigenvalue weighted by Gasteiger charge is 2.38. The van der Waals surface area contributed by atoms with Crippen LogP contribution in [0.1, 0.15) is 6.92 Å². The smallest absolute Gasteiger partial charge is 0.216 e. The molecule has 3 rings (SSSR count). The normalized spacial score (nSPS) is 21.1. The number of hydrogen-bond donors (Lipinski definition) is 0. The maximum Gasteiger partial charge on any atom is 0.216 e. The predicted octanol–water partition coefficient (Wildman–Crippen LogP) is 2.22. The van der Waals surface area contributed by atoms with Gasteiger partial charge in [-0.3, -0.25) is 9.69 Å². The summed E-state index contributed by atoms with van der Waals surface area (Å²) in [5.74, 6) is 0.834. The lowest BCUT2D eigenvalue weighted by Gasteiger charge is -2.21. The summed E-state index contributed by atoms with van der Waals surface area (Å²) in [7, 11) is 1.66. The first-order valence-electron chi connectivity index (χ1n) is 5.29. The molecule has 5 heteroatoms. The van der Waals surface area contributed by atoms with Crippen molar-refractivity contribution in [1.29, 1.82) is 0 Å². The Morgan fingerprint density at radius 3 is 3.00 bits per heavy atom. The fraction of sp³-hybridized carbons (Fsp3) is 0.250. The molecule has 0 saturated carbocycles. The van der Waals surface area contributed by atoms with Gasteiger partial charge in [0, 0.05) is 22.9 Å². The van der Waals surface area contributed by atoms with Gasteiger partial charge in [0.2, 0.25) is 6.41 Å². The molecule has 0 fully saturated rings. The molecule has 0 spiro atoms. The van der Waals surface area contributed by atoms with Crippen molar-refractivity contribution in [3.63, 3.8) is 0 Å². The molecule has 1 atom stereocenters. The highest BCUT2D eigenvalue weighted by atomic mass is 32.2. The molecule has 0 aliphatic carbocycles. The van der Waals surface area contributed by atoms with Crippen LogP contribution >= 0.6 is 11.8 Å². The molecule has 4 nitrogen and oxygen atoms in total. The number of carbonyl (C=O) groups excluding carboxylic acids is 1. The van der Waals surface area contributed by atoms with E-state index in [2.05, 4.69) is 4.90 Å². The van der Waals surface area contributed by atoms with Crippen LogP contribution in [0.4, 0.5) is 5.69 Å². The van der Waals surface area contributed by atoms with Gasteiger partial charge < -0.3 is 9.64 Å². The molecular formula is C12H12N2O2S. The standard InChI is InChI=1S/C12H12N2O2S/c1-8-6-13-10-5-9(16-2)3-4-11(10)17-12(13)14(8)7-15/h3-7,12H,1-2H3. The molecule has 17 heavy (non-hydrogen) atoms. The van der Waals surface area contributed by atoms with Crippen molar-refractivity contribution in [3.05, 3.63) is 30.1 Å². The molecule has 1 aromatic carbocycles. The molecule has 1 aromatic rings. The van der Waals surface area contributed by atoms with E-state index >= 15 is 0 Å². The maximum atomic E-state index is 11.1. The Kier molecular flexibility index (Phi) is 2.29. The molecule has 1 unspecified atom stereocenters. The summed E-state index contributed by atoms with van der Waals surface area (Å²) in [6.07, 6.45) is 2.88. The van der Waals surface area contributed by atoms with Crippen molar-refractivity contribution in [2.75, 3.05) is 12.0 Å². The third-order valence-electron chi connectivity index (χ3n) is 3.00. The number of anilines is 1.